The zero-order valence-corrected chi connectivity index (χ0v) is 13.4. The van der Waals surface area contributed by atoms with E-state index in [-0.39, 0.29) is 12.3 Å². The highest BCUT2D eigenvalue weighted by Crippen LogP contribution is 2.21. The van der Waals surface area contributed by atoms with Crippen LogP contribution in [0.1, 0.15) is 5.56 Å². The van der Waals surface area contributed by atoms with Gasteiger partial charge in [-0.3, -0.25) is 9.78 Å². The molecule has 0 bridgehead atoms. The predicted molar refractivity (Wildman–Crippen MR) is 95.0 cm³/mol. The summed E-state index contributed by atoms with van der Waals surface area (Å²) in [6.07, 6.45) is 3.72. The van der Waals surface area contributed by atoms with Crippen LogP contribution in [0, 0.1) is 0 Å². The summed E-state index contributed by atoms with van der Waals surface area (Å²) in [5.41, 5.74) is 3.62. The summed E-state index contributed by atoms with van der Waals surface area (Å²) in [6.45, 7) is 0. The van der Waals surface area contributed by atoms with Crippen LogP contribution in [0.25, 0.3) is 11.1 Å². The van der Waals surface area contributed by atoms with Crippen LogP contribution >= 0.6 is 0 Å². The molecule has 0 aliphatic rings. The van der Waals surface area contributed by atoms with Crippen LogP contribution in [-0.4, -0.2) is 18.0 Å². The van der Waals surface area contributed by atoms with Gasteiger partial charge in [-0.15, -0.1) is 0 Å². The van der Waals surface area contributed by atoms with Gasteiger partial charge < -0.3 is 10.1 Å². The van der Waals surface area contributed by atoms with Crippen molar-refractivity contribution in [1.29, 1.82) is 0 Å². The molecule has 1 N–H and O–H groups in total. The molecule has 4 heteroatoms. The number of anilines is 1. The summed E-state index contributed by atoms with van der Waals surface area (Å²) in [5.74, 6) is 0.656. The maximum absolute atomic E-state index is 12.2. The molecule has 2 aromatic carbocycles. The minimum atomic E-state index is -0.0877. The van der Waals surface area contributed by atoms with Crippen LogP contribution in [0.5, 0.6) is 5.75 Å². The molecule has 24 heavy (non-hydrogen) atoms. The van der Waals surface area contributed by atoms with Gasteiger partial charge in [0.05, 0.1) is 25.4 Å². The van der Waals surface area contributed by atoms with Gasteiger partial charge in [-0.25, -0.2) is 0 Å². The number of pyridine rings is 1. The van der Waals surface area contributed by atoms with Crippen molar-refractivity contribution < 1.29 is 9.53 Å². The number of ether oxygens (including phenoxy) is 1. The highest BCUT2D eigenvalue weighted by Gasteiger charge is 2.07. The molecular formula is C20H18N2O2. The van der Waals surface area contributed by atoms with Gasteiger partial charge >= 0.3 is 0 Å². The molecular weight excluding hydrogens is 300 g/mol. The summed E-state index contributed by atoms with van der Waals surface area (Å²) < 4.78 is 5.18. The lowest BCUT2D eigenvalue weighted by Gasteiger charge is -2.08. The van der Waals surface area contributed by atoms with E-state index in [1.165, 1.54) is 0 Å². The van der Waals surface area contributed by atoms with Crippen LogP contribution in [0.3, 0.4) is 0 Å². The van der Waals surface area contributed by atoms with Crippen molar-refractivity contribution in [3.8, 4) is 16.9 Å². The maximum atomic E-state index is 12.2. The molecule has 3 aromatic rings. The molecule has 120 valence electrons. The van der Waals surface area contributed by atoms with E-state index in [0.717, 1.165) is 22.4 Å². The lowest BCUT2D eigenvalue weighted by molar-refractivity contribution is -0.115. The van der Waals surface area contributed by atoms with Gasteiger partial charge in [0.1, 0.15) is 5.75 Å². The number of carbonyl (C=O) groups excluding carboxylic acids is 1. The van der Waals surface area contributed by atoms with Crippen LogP contribution in [0.2, 0.25) is 0 Å². The Bertz CT molecular complexity index is 832. The number of aromatic nitrogens is 1. The molecule has 0 unspecified atom stereocenters. The third kappa shape index (κ3) is 3.98. The fraction of sp³-hybridized carbons (Fsp3) is 0.100. The third-order valence-corrected chi connectivity index (χ3v) is 3.63. The van der Waals surface area contributed by atoms with Gasteiger partial charge in [0, 0.05) is 11.8 Å². The Kier molecular flexibility index (Phi) is 4.87. The van der Waals surface area contributed by atoms with Crippen molar-refractivity contribution in [1.82, 2.24) is 4.98 Å². The van der Waals surface area contributed by atoms with Crippen molar-refractivity contribution in [3.05, 3.63) is 78.6 Å². The third-order valence-electron chi connectivity index (χ3n) is 3.63. The van der Waals surface area contributed by atoms with E-state index < -0.39 is 0 Å². The number of hydrogen-bond donors (Lipinski definition) is 1. The van der Waals surface area contributed by atoms with E-state index in [4.69, 9.17) is 4.74 Å². The molecule has 1 heterocycles. The van der Waals surface area contributed by atoms with Crippen LogP contribution in [0.4, 0.5) is 5.69 Å². The second-order valence-corrected chi connectivity index (χ2v) is 5.40. The van der Waals surface area contributed by atoms with E-state index >= 15 is 0 Å². The zero-order chi connectivity index (χ0) is 16.8. The monoisotopic (exact) mass is 318 g/mol. The molecule has 1 aromatic heterocycles. The molecule has 1 amide bonds. The Morgan fingerprint density at radius 1 is 1.00 bits per heavy atom. The van der Waals surface area contributed by atoms with Crippen LogP contribution in [0.15, 0.2) is 73.1 Å². The lowest BCUT2D eigenvalue weighted by atomic mass is 10.1. The number of hydrogen-bond acceptors (Lipinski definition) is 3. The molecule has 3 rings (SSSR count). The summed E-state index contributed by atoms with van der Waals surface area (Å²) in [5, 5.41) is 2.90. The summed E-state index contributed by atoms with van der Waals surface area (Å²) in [6, 6.07) is 19.4. The van der Waals surface area contributed by atoms with E-state index in [1.807, 2.05) is 60.7 Å². The van der Waals surface area contributed by atoms with Crippen LogP contribution in [-0.2, 0) is 11.2 Å². The maximum Gasteiger partial charge on any atom is 0.228 e. The average molecular weight is 318 g/mol. The first-order valence-electron chi connectivity index (χ1n) is 7.68. The number of benzene rings is 2. The van der Waals surface area contributed by atoms with Crippen molar-refractivity contribution in [3.63, 3.8) is 0 Å². The molecule has 0 aliphatic carbocycles. The number of amides is 1. The Hall–Kier alpha value is -3.14. The molecule has 0 saturated heterocycles. The van der Waals surface area contributed by atoms with Gasteiger partial charge in [0.15, 0.2) is 0 Å². The Balaban J connectivity index is 1.70. The predicted octanol–water partition coefficient (Wildman–Crippen LogP) is 3.94. The Labute approximate surface area is 141 Å². The molecule has 0 aliphatic heterocycles. The highest BCUT2D eigenvalue weighted by molar-refractivity contribution is 5.92. The van der Waals surface area contributed by atoms with Gasteiger partial charge in [0.2, 0.25) is 5.91 Å². The molecule has 0 atom stereocenters. The van der Waals surface area contributed by atoms with Gasteiger partial charge in [-0.2, -0.15) is 0 Å². The van der Waals surface area contributed by atoms with Crippen molar-refractivity contribution in [2.45, 2.75) is 6.42 Å². The fourth-order valence-electron chi connectivity index (χ4n) is 2.47. The molecule has 0 radical (unpaired) electrons. The summed E-state index contributed by atoms with van der Waals surface area (Å²) in [4.78, 5) is 16.5. The standard InChI is InChI=1S/C20H18N2O2/c1-24-19-9-5-6-15(10-19)11-20(23)22-18-12-17(13-21-14-18)16-7-3-2-4-8-16/h2-10,12-14H,11H2,1H3,(H,22,23). The Morgan fingerprint density at radius 2 is 1.83 bits per heavy atom. The number of methoxy groups -OCH3 is 1. The van der Waals surface area contributed by atoms with E-state index in [2.05, 4.69) is 10.3 Å². The minimum Gasteiger partial charge on any atom is -0.497 e. The molecule has 0 spiro atoms. The minimum absolute atomic E-state index is 0.0877. The van der Waals surface area contributed by atoms with Crippen molar-refractivity contribution in [2.24, 2.45) is 0 Å². The van der Waals surface area contributed by atoms with E-state index in [0.29, 0.717) is 5.69 Å². The average Bonchev–Trinajstić information content (AvgIpc) is 2.63. The quantitative estimate of drug-likeness (QED) is 0.775. The second kappa shape index (κ2) is 7.42. The number of nitrogens with one attached hydrogen (secondary N) is 1. The first kappa shape index (κ1) is 15.7. The van der Waals surface area contributed by atoms with E-state index in [1.54, 1.807) is 19.5 Å². The topological polar surface area (TPSA) is 51.2 Å². The largest absolute Gasteiger partial charge is 0.497 e. The first-order valence-corrected chi connectivity index (χ1v) is 7.68. The zero-order valence-electron chi connectivity index (χ0n) is 13.4. The number of rotatable bonds is 5. The van der Waals surface area contributed by atoms with Gasteiger partial charge in [-0.05, 0) is 29.3 Å². The first-order chi connectivity index (χ1) is 11.7. The molecule has 4 nitrogen and oxygen atoms in total. The van der Waals surface area contributed by atoms with Gasteiger partial charge in [-0.1, -0.05) is 42.5 Å². The Morgan fingerprint density at radius 3 is 2.62 bits per heavy atom. The number of carbonyl (C=O) groups is 1. The SMILES string of the molecule is COc1cccc(CC(=O)Nc2cncc(-c3ccccc3)c2)c1. The summed E-state index contributed by atoms with van der Waals surface area (Å²) in [7, 11) is 1.61. The number of nitrogens with zero attached hydrogens (tertiary/aromatic N) is 1. The fourth-order valence-corrected chi connectivity index (χ4v) is 2.47. The van der Waals surface area contributed by atoms with Gasteiger partial charge in [0.25, 0.3) is 0 Å². The van der Waals surface area contributed by atoms with Crippen LogP contribution < -0.4 is 10.1 Å². The smallest absolute Gasteiger partial charge is 0.228 e. The lowest BCUT2D eigenvalue weighted by Crippen LogP contribution is -2.14. The normalized spacial score (nSPS) is 10.2. The highest BCUT2D eigenvalue weighted by atomic mass is 16.5. The van der Waals surface area contributed by atoms with Crippen molar-refractivity contribution >= 4 is 11.6 Å². The van der Waals surface area contributed by atoms with Crippen molar-refractivity contribution in [2.75, 3.05) is 12.4 Å². The van der Waals surface area contributed by atoms with E-state index in [9.17, 15) is 4.79 Å². The second-order valence-electron chi connectivity index (χ2n) is 5.40. The molecule has 0 saturated carbocycles. The summed E-state index contributed by atoms with van der Waals surface area (Å²) >= 11 is 0. The molecule has 0 fully saturated rings.